The maximum Gasteiger partial charge on any atom is 0.263 e. The molecule has 1 aromatic carbocycles. The number of carbonyl (C=O) groups excluding carboxylic acids is 2. The van der Waals surface area contributed by atoms with Crippen LogP contribution >= 0.6 is 46.4 Å². The van der Waals surface area contributed by atoms with Gasteiger partial charge in [-0.2, -0.15) is 0 Å². The highest BCUT2D eigenvalue weighted by Gasteiger charge is 2.54. The van der Waals surface area contributed by atoms with Crippen LogP contribution in [0.25, 0.3) is 0 Å². The molecule has 0 bridgehead atoms. The molecular weight excluding hydrogens is 496 g/mol. The summed E-state index contributed by atoms with van der Waals surface area (Å²) in [5, 5.41) is 29.6. The van der Waals surface area contributed by atoms with Crippen LogP contribution in [0.1, 0.15) is 33.6 Å². The number of aliphatic hydroxyl groups is 3. The van der Waals surface area contributed by atoms with E-state index in [9.17, 15) is 24.9 Å². The van der Waals surface area contributed by atoms with Crippen LogP contribution in [0.5, 0.6) is 0 Å². The summed E-state index contributed by atoms with van der Waals surface area (Å²) in [5.41, 5.74) is -0.551. The van der Waals surface area contributed by atoms with Crippen molar-refractivity contribution in [1.82, 2.24) is 4.90 Å². The number of imide groups is 1. The molecule has 0 aromatic heterocycles. The Bertz CT molecular complexity index is 865. The molecule has 31 heavy (non-hydrogen) atoms. The number of rotatable bonds is 7. The summed E-state index contributed by atoms with van der Waals surface area (Å²) in [5.74, 6) is -1.82. The molecule has 12 heteroatoms. The van der Waals surface area contributed by atoms with E-state index in [1.54, 1.807) is 6.08 Å². The average molecular weight is 515 g/mol. The first kappa shape index (κ1) is 24.7. The predicted molar refractivity (Wildman–Crippen MR) is 114 cm³/mol. The fourth-order valence-electron chi connectivity index (χ4n) is 3.54. The summed E-state index contributed by atoms with van der Waals surface area (Å²) < 4.78 is 11.2. The second-order valence-electron chi connectivity index (χ2n) is 6.99. The Balaban J connectivity index is 2.02. The largest absolute Gasteiger partial charge is 0.394 e. The lowest BCUT2D eigenvalue weighted by Crippen LogP contribution is -2.65. The molecular formula is C19H19Cl4NO7. The topological polar surface area (TPSA) is 117 Å². The van der Waals surface area contributed by atoms with Gasteiger partial charge in [-0.3, -0.25) is 14.5 Å². The summed E-state index contributed by atoms with van der Waals surface area (Å²) in [6, 6.07) is -1.46. The molecule has 0 unspecified atom stereocenters. The van der Waals surface area contributed by atoms with Gasteiger partial charge >= 0.3 is 0 Å². The van der Waals surface area contributed by atoms with Gasteiger partial charge in [0, 0.05) is 0 Å². The second-order valence-corrected chi connectivity index (χ2v) is 8.50. The van der Waals surface area contributed by atoms with Crippen molar-refractivity contribution in [2.24, 2.45) is 0 Å². The van der Waals surface area contributed by atoms with Crippen LogP contribution in [-0.2, 0) is 9.47 Å². The Morgan fingerprint density at radius 3 is 2.03 bits per heavy atom. The van der Waals surface area contributed by atoms with E-state index in [4.69, 9.17) is 55.9 Å². The molecule has 2 aliphatic rings. The third kappa shape index (κ3) is 4.21. The first-order valence-corrected chi connectivity index (χ1v) is 10.8. The molecule has 2 aliphatic heterocycles. The number of halogens is 4. The fraction of sp³-hybridized carbons (Fsp3) is 0.474. The maximum absolute atomic E-state index is 13.2. The third-order valence-electron chi connectivity index (χ3n) is 5.11. The summed E-state index contributed by atoms with van der Waals surface area (Å²) in [4.78, 5) is 27.0. The number of fused-ring (bicyclic) bond motifs is 1. The molecule has 0 radical (unpaired) electrons. The zero-order valence-electron chi connectivity index (χ0n) is 15.9. The summed E-state index contributed by atoms with van der Waals surface area (Å²) in [7, 11) is 0. The van der Waals surface area contributed by atoms with Crippen LogP contribution in [0.3, 0.4) is 0 Å². The zero-order chi connectivity index (χ0) is 23.0. The number of nitrogens with zero attached hydrogens (tertiary/aromatic N) is 1. The molecule has 0 aliphatic carbocycles. The smallest absolute Gasteiger partial charge is 0.263 e. The van der Waals surface area contributed by atoms with Crippen molar-refractivity contribution in [3.8, 4) is 0 Å². The minimum absolute atomic E-state index is 0.135. The summed E-state index contributed by atoms with van der Waals surface area (Å²) in [6.45, 7) is 3.12. The molecule has 0 spiro atoms. The van der Waals surface area contributed by atoms with E-state index in [2.05, 4.69) is 6.58 Å². The van der Waals surface area contributed by atoms with Gasteiger partial charge in [0.1, 0.15) is 24.4 Å². The minimum atomic E-state index is -1.69. The first-order chi connectivity index (χ1) is 14.7. The molecule has 2 heterocycles. The highest BCUT2D eigenvalue weighted by Crippen LogP contribution is 2.46. The number of aliphatic hydroxyl groups excluding tert-OH is 3. The second kappa shape index (κ2) is 9.91. The Morgan fingerprint density at radius 1 is 1.00 bits per heavy atom. The van der Waals surface area contributed by atoms with Crippen LogP contribution in [0.15, 0.2) is 12.7 Å². The number of hydrogen-bond donors (Lipinski definition) is 3. The molecule has 5 atom stereocenters. The number of hydrogen-bond acceptors (Lipinski definition) is 7. The maximum atomic E-state index is 13.2. The van der Waals surface area contributed by atoms with E-state index < -0.39 is 49.1 Å². The van der Waals surface area contributed by atoms with E-state index in [-0.39, 0.29) is 37.8 Å². The lowest BCUT2D eigenvalue weighted by molar-refractivity contribution is -0.279. The van der Waals surface area contributed by atoms with Crippen molar-refractivity contribution < 1.29 is 34.4 Å². The molecule has 170 valence electrons. The van der Waals surface area contributed by atoms with Gasteiger partial charge < -0.3 is 24.8 Å². The average Bonchev–Trinajstić information content (AvgIpc) is 3.01. The minimum Gasteiger partial charge on any atom is -0.394 e. The van der Waals surface area contributed by atoms with Gasteiger partial charge in [-0.15, -0.1) is 6.58 Å². The van der Waals surface area contributed by atoms with Gasteiger partial charge in [0.05, 0.1) is 44.4 Å². The number of allylic oxidation sites excluding steroid dienone is 1. The van der Waals surface area contributed by atoms with Crippen LogP contribution in [-0.4, -0.2) is 75.9 Å². The van der Waals surface area contributed by atoms with E-state index in [1.165, 1.54) is 0 Å². The predicted octanol–water partition coefficient (Wildman–Crippen LogP) is 2.69. The van der Waals surface area contributed by atoms with Gasteiger partial charge in [-0.25, -0.2) is 0 Å². The molecule has 3 N–H and O–H groups in total. The molecule has 3 rings (SSSR count). The Hall–Kier alpha value is -0.940. The van der Waals surface area contributed by atoms with Gasteiger partial charge in [0.15, 0.2) is 6.29 Å². The van der Waals surface area contributed by atoms with Crippen molar-refractivity contribution in [1.29, 1.82) is 0 Å². The van der Waals surface area contributed by atoms with E-state index in [0.29, 0.717) is 17.7 Å². The Labute approximate surface area is 197 Å². The summed E-state index contributed by atoms with van der Waals surface area (Å²) in [6.07, 6.45) is -2.98. The molecule has 8 nitrogen and oxygen atoms in total. The zero-order valence-corrected chi connectivity index (χ0v) is 19.0. The van der Waals surface area contributed by atoms with Crippen molar-refractivity contribution in [3.05, 3.63) is 43.9 Å². The van der Waals surface area contributed by atoms with Gasteiger partial charge in [0.2, 0.25) is 0 Å². The van der Waals surface area contributed by atoms with Crippen molar-refractivity contribution >= 4 is 58.2 Å². The van der Waals surface area contributed by atoms with Gasteiger partial charge in [-0.05, 0) is 12.8 Å². The van der Waals surface area contributed by atoms with Crippen molar-refractivity contribution in [3.63, 3.8) is 0 Å². The molecule has 1 saturated heterocycles. The van der Waals surface area contributed by atoms with Crippen LogP contribution in [0.4, 0.5) is 0 Å². The quantitative estimate of drug-likeness (QED) is 0.168. The first-order valence-electron chi connectivity index (χ1n) is 9.26. The van der Waals surface area contributed by atoms with Crippen LogP contribution in [0, 0.1) is 0 Å². The fourth-order valence-corrected chi connectivity index (χ4v) is 4.56. The number of benzene rings is 1. The standard InChI is InChI=1S/C19H19Cl4NO7/c1-2-3-4-5-30-19-14(16(27)15(26)7(6-25)31-19)24-17(28)8-9(18(24)29)11(21)13(23)12(22)10(8)20/h2,7,14-16,19,25-27H,1,3-6H2/t7-,14-,15-,16-,19-/m1/s1. The molecule has 0 saturated carbocycles. The number of unbranched alkanes of at least 4 members (excludes halogenated alkanes) is 1. The highest BCUT2D eigenvalue weighted by atomic mass is 35.5. The SMILES string of the molecule is C=CCCCO[C@@H]1O[C@H](CO)[C@@H](O)[C@H](O)[C@H]1N1C(=O)c2c(Cl)c(Cl)c(Cl)c(Cl)c2C1=O. The molecule has 1 fully saturated rings. The number of carbonyl (C=O) groups is 2. The van der Waals surface area contributed by atoms with Crippen LogP contribution in [0.2, 0.25) is 20.1 Å². The normalized spacial score (nSPS) is 28.2. The van der Waals surface area contributed by atoms with E-state index in [1.807, 2.05) is 0 Å². The number of ether oxygens (including phenoxy) is 2. The van der Waals surface area contributed by atoms with Crippen LogP contribution < -0.4 is 0 Å². The molecule has 1 aromatic rings. The lowest BCUT2D eigenvalue weighted by Gasteiger charge is -2.44. The number of amides is 2. The molecule has 2 amide bonds. The Kier molecular flexibility index (Phi) is 7.89. The van der Waals surface area contributed by atoms with Gasteiger partial charge in [-0.1, -0.05) is 52.5 Å². The monoisotopic (exact) mass is 513 g/mol. The Morgan fingerprint density at radius 2 is 1.55 bits per heavy atom. The van der Waals surface area contributed by atoms with E-state index in [0.717, 1.165) is 0 Å². The highest BCUT2D eigenvalue weighted by molar-refractivity contribution is 6.55. The van der Waals surface area contributed by atoms with Gasteiger partial charge in [0.25, 0.3) is 11.8 Å². The lowest BCUT2D eigenvalue weighted by atomic mass is 9.95. The summed E-state index contributed by atoms with van der Waals surface area (Å²) >= 11 is 24.4. The van der Waals surface area contributed by atoms with Crippen molar-refractivity contribution in [2.75, 3.05) is 13.2 Å². The van der Waals surface area contributed by atoms with Crippen molar-refractivity contribution in [2.45, 2.75) is 43.5 Å². The third-order valence-corrected chi connectivity index (χ3v) is 6.92. The van der Waals surface area contributed by atoms with E-state index >= 15 is 0 Å².